The van der Waals surface area contributed by atoms with E-state index < -0.39 is 11.6 Å². The van der Waals surface area contributed by atoms with Gasteiger partial charge in [0.1, 0.15) is 11.5 Å². The summed E-state index contributed by atoms with van der Waals surface area (Å²) in [7, 11) is 0. The number of aromatic nitrogens is 1. The van der Waals surface area contributed by atoms with Crippen LogP contribution in [0.2, 0.25) is 0 Å². The molecule has 0 aliphatic rings. The standard InChI is InChI=1S/C12H9F2N3.ClH/c13-8-4-1-3-7(11(8)14)9-5-2-6-10(17-9)12(15)16;/h1-6H,(H3,15,16);1H. The fraction of sp³-hybridized carbons (Fsp3) is 0. The van der Waals surface area contributed by atoms with E-state index in [0.29, 0.717) is 0 Å². The Morgan fingerprint density at radius 1 is 1.11 bits per heavy atom. The molecule has 0 aliphatic carbocycles. The van der Waals surface area contributed by atoms with Gasteiger partial charge in [0.25, 0.3) is 0 Å². The smallest absolute Gasteiger partial charge is 0.168 e. The molecule has 1 aromatic heterocycles. The van der Waals surface area contributed by atoms with Crippen LogP contribution in [0.3, 0.4) is 0 Å². The monoisotopic (exact) mass is 269 g/mol. The minimum absolute atomic E-state index is 0. The second-order valence-corrected chi connectivity index (χ2v) is 3.42. The second kappa shape index (κ2) is 5.55. The molecule has 18 heavy (non-hydrogen) atoms. The Balaban J connectivity index is 0.00000162. The third-order valence-corrected chi connectivity index (χ3v) is 2.25. The molecule has 0 saturated carbocycles. The minimum atomic E-state index is -0.958. The van der Waals surface area contributed by atoms with Crippen molar-refractivity contribution in [1.29, 1.82) is 5.41 Å². The summed E-state index contributed by atoms with van der Waals surface area (Å²) >= 11 is 0. The van der Waals surface area contributed by atoms with Gasteiger partial charge in [0.15, 0.2) is 11.6 Å². The Bertz CT molecular complexity index is 587. The van der Waals surface area contributed by atoms with Gasteiger partial charge in [0.05, 0.1) is 5.69 Å². The molecule has 0 spiro atoms. The summed E-state index contributed by atoms with van der Waals surface area (Å²) in [6.45, 7) is 0. The van der Waals surface area contributed by atoms with E-state index in [1.165, 1.54) is 24.3 Å². The Morgan fingerprint density at radius 3 is 2.44 bits per heavy atom. The van der Waals surface area contributed by atoms with Crippen molar-refractivity contribution >= 4 is 18.2 Å². The predicted octanol–water partition coefficient (Wildman–Crippen LogP) is 2.73. The van der Waals surface area contributed by atoms with Gasteiger partial charge in [-0.05, 0) is 24.3 Å². The largest absolute Gasteiger partial charge is 0.382 e. The Morgan fingerprint density at radius 2 is 1.78 bits per heavy atom. The number of amidine groups is 1. The highest BCUT2D eigenvalue weighted by Crippen LogP contribution is 2.22. The molecule has 0 unspecified atom stereocenters. The number of hydrogen-bond acceptors (Lipinski definition) is 2. The van der Waals surface area contributed by atoms with Crippen molar-refractivity contribution in [3.63, 3.8) is 0 Å². The van der Waals surface area contributed by atoms with E-state index in [2.05, 4.69) is 4.98 Å². The molecular weight excluding hydrogens is 260 g/mol. The lowest BCUT2D eigenvalue weighted by Gasteiger charge is -2.05. The second-order valence-electron chi connectivity index (χ2n) is 3.42. The van der Waals surface area contributed by atoms with Crippen LogP contribution in [-0.4, -0.2) is 10.8 Å². The van der Waals surface area contributed by atoms with Crippen LogP contribution >= 0.6 is 12.4 Å². The zero-order chi connectivity index (χ0) is 12.4. The van der Waals surface area contributed by atoms with Crippen LogP contribution in [0.1, 0.15) is 5.69 Å². The maximum Gasteiger partial charge on any atom is 0.168 e. The molecular formula is C12H10ClF2N3. The van der Waals surface area contributed by atoms with Crippen LogP contribution < -0.4 is 5.73 Å². The van der Waals surface area contributed by atoms with Gasteiger partial charge in [0, 0.05) is 5.56 Å². The summed E-state index contributed by atoms with van der Waals surface area (Å²) < 4.78 is 26.6. The van der Waals surface area contributed by atoms with E-state index in [1.54, 1.807) is 6.07 Å². The molecule has 0 fully saturated rings. The first-order chi connectivity index (χ1) is 8.09. The van der Waals surface area contributed by atoms with Crippen molar-refractivity contribution in [2.45, 2.75) is 0 Å². The van der Waals surface area contributed by atoms with Gasteiger partial charge in [-0.2, -0.15) is 0 Å². The lowest BCUT2D eigenvalue weighted by Crippen LogP contribution is -2.13. The van der Waals surface area contributed by atoms with Crippen LogP contribution in [0.25, 0.3) is 11.3 Å². The third-order valence-electron chi connectivity index (χ3n) is 2.25. The molecule has 0 amide bonds. The average molecular weight is 270 g/mol. The summed E-state index contributed by atoms with van der Waals surface area (Å²) in [6.07, 6.45) is 0. The number of nitrogens with zero attached hydrogens (tertiary/aromatic N) is 1. The quantitative estimate of drug-likeness (QED) is 0.650. The van der Waals surface area contributed by atoms with Crippen molar-refractivity contribution in [3.8, 4) is 11.3 Å². The summed E-state index contributed by atoms with van der Waals surface area (Å²) in [5.74, 6) is -2.11. The number of rotatable bonds is 2. The van der Waals surface area contributed by atoms with E-state index in [4.69, 9.17) is 11.1 Å². The molecule has 0 atom stereocenters. The SMILES string of the molecule is Cl.N=C(N)c1cccc(-c2cccc(F)c2F)n1. The molecule has 0 radical (unpaired) electrons. The van der Waals surface area contributed by atoms with Gasteiger partial charge < -0.3 is 5.73 Å². The number of nitrogens with one attached hydrogen (secondary N) is 1. The molecule has 3 N–H and O–H groups in total. The van der Waals surface area contributed by atoms with Gasteiger partial charge in [-0.15, -0.1) is 12.4 Å². The molecule has 6 heteroatoms. The van der Waals surface area contributed by atoms with E-state index >= 15 is 0 Å². The van der Waals surface area contributed by atoms with Crippen LogP contribution in [-0.2, 0) is 0 Å². The fourth-order valence-electron chi connectivity index (χ4n) is 1.44. The van der Waals surface area contributed by atoms with E-state index in [0.717, 1.165) is 6.07 Å². The van der Waals surface area contributed by atoms with Gasteiger partial charge >= 0.3 is 0 Å². The average Bonchev–Trinajstić information content (AvgIpc) is 2.33. The van der Waals surface area contributed by atoms with Crippen molar-refractivity contribution < 1.29 is 8.78 Å². The Labute approximate surface area is 109 Å². The Hall–Kier alpha value is -2.01. The first kappa shape index (κ1) is 14.1. The van der Waals surface area contributed by atoms with E-state index in [-0.39, 0.29) is 35.2 Å². The summed E-state index contributed by atoms with van der Waals surface area (Å²) in [6, 6.07) is 8.50. The molecule has 0 bridgehead atoms. The van der Waals surface area contributed by atoms with E-state index in [1.807, 2.05) is 0 Å². The first-order valence-corrected chi connectivity index (χ1v) is 4.85. The number of benzene rings is 1. The van der Waals surface area contributed by atoms with Crippen LogP contribution in [0.4, 0.5) is 8.78 Å². The van der Waals surface area contributed by atoms with Crippen LogP contribution in [0, 0.1) is 17.0 Å². The third kappa shape index (κ3) is 2.62. The molecule has 2 rings (SSSR count). The van der Waals surface area contributed by atoms with Gasteiger partial charge in [-0.25, -0.2) is 13.8 Å². The highest BCUT2D eigenvalue weighted by Gasteiger charge is 2.11. The van der Waals surface area contributed by atoms with E-state index in [9.17, 15) is 8.78 Å². The van der Waals surface area contributed by atoms with Crippen molar-refractivity contribution in [1.82, 2.24) is 4.98 Å². The summed E-state index contributed by atoms with van der Waals surface area (Å²) in [4.78, 5) is 3.99. The first-order valence-electron chi connectivity index (χ1n) is 4.85. The lowest BCUT2D eigenvalue weighted by atomic mass is 10.1. The van der Waals surface area contributed by atoms with Crippen molar-refractivity contribution in [3.05, 3.63) is 53.7 Å². The number of halogens is 3. The maximum absolute atomic E-state index is 13.5. The van der Waals surface area contributed by atoms with Gasteiger partial charge in [0.2, 0.25) is 0 Å². The predicted molar refractivity (Wildman–Crippen MR) is 67.9 cm³/mol. The molecule has 3 nitrogen and oxygen atoms in total. The van der Waals surface area contributed by atoms with Gasteiger partial charge in [-0.1, -0.05) is 12.1 Å². The zero-order valence-corrected chi connectivity index (χ0v) is 9.97. The number of hydrogen-bond donors (Lipinski definition) is 2. The number of nitrogen functional groups attached to an aromatic ring is 1. The topological polar surface area (TPSA) is 62.8 Å². The number of pyridine rings is 1. The highest BCUT2D eigenvalue weighted by molar-refractivity contribution is 5.93. The van der Waals surface area contributed by atoms with Gasteiger partial charge in [-0.3, -0.25) is 5.41 Å². The molecule has 0 saturated heterocycles. The van der Waals surface area contributed by atoms with Crippen LogP contribution in [0.15, 0.2) is 36.4 Å². The van der Waals surface area contributed by atoms with Crippen LogP contribution in [0.5, 0.6) is 0 Å². The molecule has 2 aromatic rings. The Kier molecular flexibility index (Phi) is 4.33. The van der Waals surface area contributed by atoms with Crippen molar-refractivity contribution in [2.75, 3.05) is 0 Å². The lowest BCUT2D eigenvalue weighted by molar-refractivity contribution is 0.511. The number of nitrogens with two attached hydrogens (primary N) is 1. The molecule has 0 aliphatic heterocycles. The molecule has 94 valence electrons. The molecule has 1 heterocycles. The fourth-order valence-corrected chi connectivity index (χ4v) is 1.44. The zero-order valence-electron chi connectivity index (χ0n) is 9.15. The minimum Gasteiger partial charge on any atom is -0.382 e. The maximum atomic E-state index is 13.5. The summed E-state index contributed by atoms with van der Waals surface area (Å²) in [5, 5.41) is 7.24. The summed E-state index contributed by atoms with van der Waals surface area (Å²) in [5.41, 5.74) is 5.80. The highest BCUT2D eigenvalue weighted by atomic mass is 35.5. The van der Waals surface area contributed by atoms with Crippen molar-refractivity contribution in [2.24, 2.45) is 5.73 Å². The molecule has 1 aromatic carbocycles. The normalized spacial score (nSPS) is 9.67.